The lowest BCUT2D eigenvalue weighted by atomic mass is 10.1. The van der Waals surface area contributed by atoms with E-state index in [0.717, 1.165) is 0 Å². The average molecular weight is 311 g/mol. The van der Waals surface area contributed by atoms with Gasteiger partial charge >= 0.3 is 0 Å². The van der Waals surface area contributed by atoms with Crippen LogP contribution in [-0.2, 0) is 9.84 Å². The zero-order chi connectivity index (χ0) is 15.6. The summed E-state index contributed by atoms with van der Waals surface area (Å²) in [5.74, 6) is -0.842. The fraction of sp³-hybridized carbons (Fsp3) is 0.462. The third kappa shape index (κ3) is 3.38. The van der Waals surface area contributed by atoms with Crippen LogP contribution in [0.2, 0.25) is 0 Å². The summed E-state index contributed by atoms with van der Waals surface area (Å²) in [6.07, 6.45) is 1.74. The Morgan fingerprint density at radius 1 is 1.43 bits per heavy atom. The Labute approximate surface area is 123 Å². The number of hydrogen-bond donors (Lipinski definition) is 1. The number of hydrogen-bond acceptors (Lipinski definition) is 5. The largest absolute Gasteiger partial charge is 0.364 e. The number of rotatable bonds is 4. The molecule has 2 amide bonds. The lowest BCUT2D eigenvalue weighted by molar-refractivity contribution is 0.0707. The van der Waals surface area contributed by atoms with Gasteiger partial charge in [-0.25, -0.2) is 8.42 Å². The summed E-state index contributed by atoms with van der Waals surface area (Å²) in [5.41, 5.74) is 5.48. The molecule has 1 atom stereocenters. The number of primary amides is 1. The van der Waals surface area contributed by atoms with Gasteiger partial charge in [0, 0.05) is 18.8 Å². The molecule has 2 rings (SSSR count). The summed E-state index contributed by atoms with van der Waals surface area (Å²) < 4.78 is 23.1. The number of nitrogens with two attached hydrogens (primary N) is 1. The molecule has 21 heavy (non-hydrogen) atoms. The zero-order valence-corrected chi connectivity index (χ0v) is 12.5. The SMILES string of the molecule is CCN(C(=O)c1ccc(C(N)=O)nc1)C1CCS(=O)(=O)C1. The van der Waals surface area contributed by atoms with Gasteiger partial charge in [-0.3, -0.25) is 14.6 Å². The number of carbonyl (C=O) groups is 2. The minimum absolute atomic E-state index is 0.000617. The first-order valence-electron chi connectivity index (χ1n) is 6.61. The monoisotopic (exact) mass is 311 g/mol. The Hall–Kier alpha value is -1.96. The van der Waals surface area contributed by atoms with E-state index in [0.29, 0.717) is 18.5 Å². The van der Waals surface area contributed by atoms with Crippen molar-refractivity contribution in [1.29, 1.82) is 0 Å². The Balaban J connectivity index is 2.18. The molecule has 114 valence electrons. The van der Waals surface area contributed by atoms with Crippen LogP contribution in [0, 0.1) is 0 Å². The van der Waals surface area contributed by atoms with Gasteiger partial charge in [0.2, 0.25) is 0 Å². The molecule has 1 unspecified atom stereocenters. The first-order chi connectivity index (χ1) is 9.84. The highest BCUT2D eigenvalue weighted by Gasteiger charge is 2.34. The molecule has 7 nitrogen and oxygen atoms in total. The van der Waals surface area contributed by atoms with Crippen LogP contribution in [0.5, 0.6) is 0 Å². The number of carbonyl (C=O) groups excluding carboxylic acids is 2. The summed E-state index contributed by atoms with van der Waals surface area (Å²) >= 11 is 0. The van der Waals surface area contributed by atoms with Crippen LogP contribution in [0.1, 0.15) is 34.2 Å². The van der Waals surface area contributed by atoms with Gasteiger partial charge in [0.1, 0.15) is 5.69 Å². The molecule has 2 heterocycles. The van der Waals surface area contributed by atoms with E-state index in [-0.39, 0.29) is 29.1 Å². The Kier molecular flexibility index (Phi) is 4.26. The Bertz CT molecular complexity index is 654. The summed E-state index contributed by atoms with van der Waals surface area (Å²) in [5, 5.41) is 0. The molecule has 1 aliphatic heterocycles. The quantitative estimate of drug-likeness (QED) is 0.830. The van der Waals surface area contributed by atoms with Crippen LogP contribution < -0.4 is 5.73 Å². The Morgan fingerprint density at radius 2 is 2.14 bits per heavy atom. The fourth-order valence-electron chi connectivity index (χ4n) is 2.42. The van der Waals surface area contributed by atoms with Gasteiger partial charge in [0.15, 0.2) is 9.84 Å². The van der Waals surface area contributed by atoms with Gasteiger partial charge in [0.05, 0.1) is 17.1 Å². The predicted molar refractivity (Wildman–Crippen MR) is 76.5 cm³/mol. The van der Waals surface area contributed by atoms with Crippen LogP contribution in [0.4, 0.5) is 0 Å². The van der Waals surface area contributed by atoms with Crippen LogP contribution >= 0.6 is 0 Å². The molecular weight excluding hydrogens is 294 g/mol. The second-order valence-corrected chi connectivity index (χ2v) is 7.17. The molecule has 0 spiro atoms. The van der Waals surface area contributed by atoms with E-state index < -0.39 is 15.7 Å². The smallest absolute Gasteiger partial charge is 0.267 e. The summed E-state index contributed by atoms with van der Waals surface area (Å²) in [4.78, 5) is 28.7. The van der Waals surface area contributed by atoms with Gasteiger partial charge in [-0.15, -0.1) is 0 Å². The normalized spacial score (nSPS) is 20.1. The first-order valence-corrected chi connectivity index (χ1v) is 8.43. The van der Waals surface area contributed by atoms with E-state index in [2.05, 4.69) is 4.98 Å². The van der Waals surface area contributed by atoms with Crippen molar-refractivity contribution in [3.63, 3.8) is 0 Å². The van der Waals surface area contributed by atoms with Crippen LogP contribution in [0.3, 0.4) is 0 Å². The van der Waals surface area contributed by atoms with E-state index in [1.165, 1.54) is 23.2 Å². The molecule has 1 aromatic heterocycles. The molecule has 2 N–H and O–H groups in total. The van der Waals surface area contributed by atoms with Gasteiger partial charge < -0.3 is 10.6 Å². The van der Waals surface area contributed by atoms with Crippen LogP contribution in [0.15, 0.2) is 18.3 Å². The van der Waals surface area contributed by atoms with Crippen LogP contribution in [-0.4, -0.2) is 54.2 Å². The average Bonchev–Trinajstić information content (AvgIpc) is 2.79. The van der Waals surface area contributed by atoms with Crippen molar-refractivity contribution >= 4 is 21.7 Å². The van der Waals surface area contributed by atoms with E-state index >= 15 is 0 Å². The molecule has 0 aliphatic carbocycles. The van der Waals surface area contributed by atoms with Gasteiger partial charge in [-0.05, 0) is 25.5 Å². The minimum Gasteiger partial charge on any atom is -0.364 e. The van der Waals surface area contributed by atoms with Crippen molar-refractivity contribution in [1.82, 2.24) is 9.88 Å². The predicted octanol–water partition coefficient (Wildman–Crippen LogP) is -0.170. The van der Waals surface area contributed by atoms with Crippen molar-refractivity contribution in [3.8, 4) is 0 Å². The fourth-order valence-corrected chi connectivity index (χ4v) is 4.15. The van der Waals surface area contributed by atoms with Gasteiger partial charge in [-0.2, -0.15) is 0 Å². The molecule has 0 saturated carbocycles. The molecular formula is C13H17N3O4S. The molecule has 1 fully saturated rings. The van der Waals surface area contributed by atoms with E-state index in [9.17, 15) is 18.0 Å². The highest BCUT2D eigenvalue weighted by Crippen LogP contribution is 2.19. The maximum atomic E-state index is 12.4. The van der Waals surface area contributed by atoms with Gasteiger partial charge in [-0.1, -0.05) is 0 Å². The lowest BCUT2D eigenvalue weighted by Gasteiger charge is -2.26. The first kappa shape index (κ1) is 15.4. The van der Waals surface area contributed by atoms with Crippen molar-refractivity contribution in [3.05, 3.63) is 29.6 Å². The Morgan fingerprint density at radius 3 is 2.57 bits per heavy atom. The molecule has 0 radical (unpaired) electrons. The summed E-state index contributed by atoms with van der Waals surface area (Å²) in [6, 6.07) is 2.55. The van der Waals surface area contributed by atoms with Crippen molar-refractivity contribution in [2.75, 3.05) is 18.1 Å². The number of nitrogens with zero attached hydrogens (tertiary/aromatic N) is 2. The molecule has 8 heteroatoms. The zero-order valence-electron chi connectivity index (χ0n) is 11.7. The molecule has 1 aliphatic rings. The van der Waals surface area contributed by atoms with Crippen molar-refractivity contribution in [2.45, 2.75) is 19.4 Å². The van der Waals surface area contributed by atoms with E-state index in [4.69, 9.17) is 5.73 Å². The van der Waals surface area contributed by atoms with E-state index in [1.54, 1.807) is 6.92 Å². The second-order valence-electron chi connectivity index (χ2n) is 4.94. The third-order valence-corrected chi connectivity index (χ3v) is 5.26. The second kappa shape index (κ2) is 5.80. The van der Waals surface area contributed by atoms with Crippen LogP contribution in [0.25, 0.3) is 0 Å². The molecule has 0 bridgehead atoms. The molecule has 1 aromatic rings. The van der Waals surface area contributed by atoms with Crippen molar-refractivity contribution in [2.24, 2.45) is 5.73 Å². The summed E-state index contributed by atoms with van der Waals surface area (Å²) in [7, 11) is -3.05. The minimum atomic E-state index is -3.05. The molecule has 0 aromatic carbocycles. The number of amides is 2. The van der Waals surface area contributed by atoms with Gasteiger partial charge in [0.25, 0.3) is 11.8 Å². The third-order valence-electron chi connectivity index (χ3n) is 3.51. The van der Waals surface area contributed by atoms with Crippen molar-refractivity contribution < 1.29 is 18.0 Å². The highest BCUT2D eigenvalue weighted by atomic mass is 32.2. The lowest BCUT2D eigenvalue weighted by Crippen LogP contribution is -2.41. The number of sulfone groups is 1. The van der Waals surface area contributed by atoms with E-state index in [1.807, 2.05) is 0 Å². The maximum absolute atomic E-state index is 12.4. The number of aromatic nitrogens is 1. The number of pyridine rings is 1. The highest BCUT2D eigenvalue weighted by molar-refractivity contribution is 7.91. The standard InChI is InChI=1S/C13H17N3O4S/c1-2-16(10-5-6-21(19,20)8-10)13(18)9-3-4-11(12(14)17)15-7-9/h3-4,7,10H,2,5-6,8H2,1H3,(H2,14,17). The summed E-state index contributed by atoms with van der Waals surface area (Å²) in [6.45, 7) is 2.21. The topological polar surface area (TPSA) is 110 Å². The molecule has 1 saturated heterocycles. The maximum Gasteiger partial charge on any atom is 0.267 e.